The summed E-state index contributed by atoms with van der Waals surface area (Å²) >= 11 is 0. The first-order chi connectivity index (χ1) is 20.9. The fourth-order valence-electron chi connectivity index (χ4n) is 10.7. The van der Waals surface area contributed by atoms with Gasteiger partial charge >= 0.3 is 0 Å². The molecule has 5 rings (SSSR count). The van der Waals surface area contributed by atoms with Crippen molar-refractivity contribution in [2.75, 3.05) is 6.61 Å². The van der Waals surface area contributed by atoms with Crippen LogP contribution in [0, 0.1) is 45.3 Å². The van der Waals surface area contributed by atoms with Crippen molar-refractivity contribution in [3.63, 3.8) is 0 Å². The highest BCUT2D eigenvalue weighted by molar-refractivity contribution is 5.65. The molecule has 1 saturated heterocycles. The molecule has 45 heavy (non-hydrogen) atoms. The lowest BCUT2D eigenvalue weighted by molar-refractivity contribution is -0.321. The highest BCUT2D eigenvalue weighted by atomic mass is 16.7. The first kappa shape index (κ1) is 35.1. The minimum atomic E-state index is -1.57. The van der Waals surface area contributed by atoms with E-state index in [9.17, 15) is 35.4 Å². The lowest BCUT2D eigenvalue weighted by Gasteiger charge is -2.66. The zero-order valence-electron chi connectivity index (χ0n) is 28.2. The minimum absolute atomic E-state index is 0.0550. The van der Waals surface area contributed by atoms with Gasteiger partial charge in [0.25, 0.3) is 0 Å². The second kappa shape index (κ2) is 12.1. The van der Waals surface area contributed by atoms with Crippen LogP contribution in [0.2, 0.25) is 0 Å². The van der Waals surface area contributed by atoms with Gasteiger partial charge in [-0.1, -0.05) is 58.4 Å². The lowest BCUT2D eigenvalue weighted by Crippen LogP contribution is -2.66. The monoisotopic (exact) mass is 634 g/mol. The number of ether oxygens (including phenoxy) is 2. The van der Waals surface area contributed by atoms with Crippen LogP contribution in [-0.4, -0.2) is 92.0 Å². The third-order valence-corrected chi connectivity index (χ3v) is 13.5. The van der Waals surface area contributed by atoms with Gasteiger partial charge in [0.2, 0.25) is 0 Å². The van der Waals surface area contributed by atoms with E-state index in [1.165, 1.54) is 6.29 Å². The lowest BCUT2D eigenvalue weighted by atomic mass is 9.38. The zero-order chi connectivity index (χ0) is 33.3. The van der Waals surface area contributed by atoms with E-state index in [0.29, 0.717) is 31.1 Å². The van der Waals surface area contributed by atoms with E-state index >= 15 is 0 Å². The predicted molar refractivity (Wildman–Crippen MR) is 169 cm³/mol. The van der Waals surface area contributed by atoms with Gasteiger partial charge in [0.15, 0.2) is 6.29 Å². The van der Waals surface area contributed by atoms with Crippen LogP contribution in [-0.2, 0) is 14.3 Å². The van der Waals surface area contributed by atoms with Gasteiger partial charge in [-0.3, -0.25) is 0 Å². The third kappa shape index (κ3) is 5.51. The number of hydrogen-bond acceptors (Lipinski definition) is 9. The standard InChI is InChI=1S/C36H58O9/c1-20(9-8-13-32(2,3)43)21-12-14-35(7)30-24(44-31-29(42)28(41)27(40)25(18-37)45-31)17-23-22(10-11-26(39)33(23,4)5)36(30,19-38)16-15-34(21,35)6/h8,13,17,19-22,24-31,37,39-43H,9-12,14-16,18H2,1-7H3/b13-8+/t20?,21-,22-,24+,25-,26+,27-,28+,29-,30+,31-,34-,35+,36-/m1/s1. The highest BCUT2D eigenvalue weighted by Gasteiger charge is 2.71. The fraction of sp³-hybridized carbons (Fsp3) is 0.861. The van der Waals surface area contributed by atoms with Crippen LogP contribution < -0.4 is 0 Å². The summed E-state index contributed by atoms with van der Waals surface area (Å²) in [7, 11) is 0. The molecule has 4 aliphatic carbocycles. The number of fused-ring (bicyclic) bond motifs is 5. The summed E-state index contributed by atoms with van der Waals surface area (Å²) in [6.45, 7) is 14.0. The molecule has 1 unspecified atom stereocenters. The Hall–Kier alpha value is -1.17. The van der Waals surface area contributed by atoms with Crippen molar-refractivity contribution in [2.45, 2.75) is 142 Å². The highest BCUT2D eigenvalue weighted by Crippen LogP contribution is 2.75. The summed E-state index contributed by atoms with van der Waals surface area (Å²) in [4.78, 5) is 13.7. The van der Waals surface area contributed by atoms with E-state index in [2.05, 4.69) is 32.9 Å². The van der Waals surface area contributed by atoms with Crippen molar-refractivity contribution in [1.29, 1.82) is 0 Å². The van der Waals surface area contributed by atoms with E-state index in [-0.39, 0.29) is 22.7 Å². The van der Waals surface area contributed by atoms with Crippen LogP contribution in [0.5, 0.6) is 0 Å². The van der Waals surface area contributed by atoms with Crippen molar-refractivity contribution < 1.29 is 44.9 Å². The van der Waals surface area contributed by atoms with Crippen LogP contribution in [0.4, 0.5) is 0 Å². The van der Waals surface area contributed by atoms with Gasteiger partial charge in [-0.25, -0.2) is 0 Å². The van der Waals surface area contributed by atoms with Gasteiger partial charge in [-0.15, -0.1) is 0 Å². The SMILES string of the molecule is CC(C/C=C/C(C)(C)O)[C@H]1CC[C@@]2(C)[C@@H]3[C@@H](O[C@@H]4O[C@H](CO)[C@@H](O)[C@H](O)[C@H]4O)C=C4[C@@H](CC[C@H](O)C4(C)C)[C@]3(C=O)CC[C@]12C. The molecule has 0 radical (unpaired) electrons. The summed E-state index contributed by atoms with van der Waals surface area (Å²) in [5.74, 6) is 0.405. The molecule has 256 valence electrons. The smallest absolute Gasteiger partial charge is 0.187 e. The van der Waals surface area contributed by atoms with Crippen molar-refractivity contribution in [2.24, 2.45) is 45.3 Å². The maximum absolute atomic E-state index is 13.7. The first-order valence-corrected chi connectivity index (χ1v) is 17.1. The Bertz CT molecular complexity index is 1160. The van der Waals surface area contributed by atoms with Crippen LogP contribution in [0.1, 0.15) is 93.4 Å². The van der Waals surface area contributed by atoms with E-state index < -0.39 is 66.0 Å². The van der Waals surface area contributed by atoms with E-state index in [0.717, 1.165) is 31.3 Å². The van der Waals surface area contributed by atoms with Crippen molar-refractivity contribution >= 4 is 6.29 Å². The van der Waals surface area contributed by atoms with E-state index in [1.54, 1.807) is 13.8 Å². The fourth-order valence-corrected chi connectivity index (χ4v) is 10.7. The molecule has 3 saturated carbocycles. The third-order valence-electron chi connectivity index (χ3n) is 13.5. The Balaban J connectivity index is 1.58. The second-order valence-electron chi connectivity index (χ2n) is 16.7. The molecule has 0 bridgehead atoms. The molecule has 5 aliphatic rings. The number of aldehydes is 1. The number of aliphatic hydroxyl groups excluding tert-OH is 5. The number of hydrogen-bond donors (Lipinski definition) is 6. The Labute approximate surface area is 268 Å². The van der Waals surface area contributed by atoms with Crippen LogP contribution in [0.25, 0.3) is 0 Å². The molecule has 0 aromatic heterocycles. The maximum atomic E-state index is 13.7. The van der Waals surface area contributed by atoms with Gasteiger partial charge in [0.05, 0.1) is 24.4 Å². The van der Waals surface area contributed by atoms with Gasteiger partial charge in [0.1, 0.15) is 30.7 Å². The quantitative estimate of drug-likeness (QED) is 0.174. The molecule has 1 aliphatic heterocycles. The number of aliphatic hydroxyl groups is 6. The number of carbonyl (C=O) groups excluding carboxylic acids is 1. The Kier molecular flexibility index (Phi) is 9.42. The average Bonchev–Trinajstić information content (AvgIpc) is 3.25. The molecule has 0 aromatic rings. The zero-order valence-corrected chi connectivity index (χ0v) is 28.2. The molecule has 14 atom stereocenters. The van der Waals surface area contributed by atoms with Crippen LogP contribution in [0.15, 0.2) is 23.8 Å². The Morgan fingerprint density at radius 1 is 1.00 bits per heavy atom. The molecule has 0 amide bonds. The van der Waals surface area contributed by atoms with Gasteiger partial charge in [-0.05, 0) is 87.4 Å². The van der Waals surface area contributed by atoms with E-state index in [1.807, 2.05) is 19.9 Å². The topological polar surface area (TPSA) is 157 Å². The minimum Gasteiger partial charge on any atom is -0.394 e. The molecule has 0 aromatic carbocycles. The Morgan fingerprint density at radius 2 is 1.69 bits per heavy atom. The van der Waals surface area contributed by atoms with Crippen LogP contribution in [0.3, 0.4) is 0 Å². The molecular weight excluding hydrogens is 576 g/mol. The molecule has 6 N–H and O–H groups in total. The largest absolute Gasteiger partial charge is 0.394 e. The van der Waals surface area contributed by atoms with Crippen molar-refractivity contribution in [1.82, 2.24) is 0 Å². The molecule has 9 nitrogen and oxygen atoms in total. The molecule has 9 heteroatoms. The summed E-state index contributed by atoms with van der Waals surface area (Å²) in [5, 5.41) is 63.2. The average molecular weight is 635 g/mol. The Morgan fingerprint density at radius 3 is 2.31 bits per heavy atom. The molecule has 1 heterocycles. The predicted octanol–water partition coefficient (Wildman–Crippen LogP) is 3.28. The maximum Gasteiger partial charge on any atom is 0.187 e. The van der Waals surface area contributed by atoms with Crippen LogP contribution >= 0.6 is 0 Å². The van der Waals surface area contributed by atoms with Gasteiger partial charge < -0.3 is 44.9 Å². The summed E-state index contributed by atoms with van der Waals surface area (Å²) < 4.78 is 12.5. The number of rotatable bonds is 8. The van der Waals surface area contributed by atoms with E-state index in [4.69, 9.17) is 9.47 Å². The summed E-state index contributed by atoms with van der Waals surface area (Å²) in [6.07, 6.45) is 4.43. The summed E-state index contributed by atoms with van der Waals surface area (Å²) in [6, 6.07) is 0. The summed E-state index contributed by atoms with van der Waals surface area (Å²) in [5.41, 5.74) is -1.68. The molecule has 0 spiro atoms. The number of allylic oxidation sites excluding steroid dienone is 1. The molecular formula is C36H58O9. The number of carbonyl (C=O) groups is 1. The normalized spacial score (nSPS) is 48.7. The van der Waals surface area contributed by atoms with Gasteiger partial charge in [0, 0.05) is 16.7 Å². The van der Waals surface area contributed by atoms with Crippen molar-refractivity contribution in [3.05, 3.63) is 23.8 Å². The van der Waals surface area contributed by atoms with Gasteiger partial charge in [-0.2, -0.15) is 0 Å². The first-order valence-electron chi connectivity index (χ1n) is 17.1. The van der Waals surface area contributed by atoms with Crippen molar-refractivity contribution in [3.8, 4) is 0 Å². The second-order valence-corrected chi connectivity index (χ2v) is 16.7. The molecule has 4 fully saturated rings.